The van der Waals surface area contributed by atoms with Crippen molar-refractivity contribution in [2.24, 2.45) is 0 Å². The third-order valence-corrected chi connectivity index (χ3v) is 4.20. The van der Waals surface area contributed by atoms with Gasteiger partial charge in [0.05, 0.1) is 0 Å². The quantitative estimate of drug-likeness (QED) is 0.621. The molecule has 1 aromatic heterocycles. The number of aryl methyl sites for hydroxylation is 1. The number of ketones is 1. The summed E-state index contributed by atoms with van der Waals surface area (Å²) in [5, 5.41) is 1.13. The van der Waals surface area contributed by atoms with Crippen molar-refractivity contribution in [3.63, 3.8) is 0 Å². The molecule has 0 amide bonds. The molecule has 0 saturated carbocycles. The molecule has 0 atom stereocenters. The second-order valence-electron chi connectivity index (χ2n) is 4.86. The van der Waals surface area contributed by atoms with Crippen LogP contribution in [0.4, 0.5) is 4.39 Å². The zero-order valence-corrected chi connectivity index (χ0v) is 12.8. The third kappa shape index (κ3) is 2.90. The molecule has 0 aliphatic rings. The van der Waals surface area contributed by atoms with Gasteiger partial charge >= 0.3 is 0 Å². The Morgan fingerprint density at radius 1 is 1.10 bits per heavy atom. The summed E-state index contributed by atoms with van der Waals surface area (Å²) in [5.41, 5.74) is 1.64. The minimum atomic E-state index is -0.326. The van der Waals surface area contributed by atoms with E-state index in [0.29, 0.717) is 18.5 Å². The van der Waals surface area contributed by atoms with E-state index in [1.54, 1.807) is 0 Å². The lowest BCUT2D eigenvalue weighted by molar-refractivity contribution is 0.0977. The van der Waals surface area contributed by atoms with Gasteiger partial charge in [-0.3, -0.25) is 4.79 Å². The average Bonchev–Trinajstić information content (AvgIpc) is 2.90. The molecular formula is C17H13BrFNO. The molecule has 0 aliphatic heterocycles. The highest BCUT2D eigenvalue weighted by atomic mass is 79.9. The van der Waals surface area contributed by atoms with Gasteiger partial charge in [-0.25, -0.2) is 4.39 Å². The molecule has 2 nitrogen and oxygen atoms in total. The molecule has 0 aliphatic carbocycles. The third-order valence-electron chi connectivity index (χ3n) is 3.51. The number of rotatable bonds is 4. The Labute approximate surface area is 130 Å². The summed E-state index contributed by atoms with van der Waals surface area (Å²) in [7, 11) is 0. The zero-order chi connectivity index (χ0) is 14.8. The standard InChI is InChI=1S/C17H13BrFNO/c18-15-2-1-3-16-14(15)8-10-20(16)11-9-17(21)12-4-6-13(19)7-5-12/h1-8,10H,9,11H2. The highest BCUT2D eigenvalue weighted by molar-refractivity contribution is 9.10. The first kappa shape index (κ1) is 14.0. The van der Waals surface area contributed by atoms with Crippen LogP contribution >= 0.6 is 15.9 Å². The highest BCUT2D eigenvalue weighted by Crippen LogP contribution is 2.25. The van der Waals surface area contributed by atoms with Crippen LogP contribution in [0.1, 0.15) is 16.8 Å². The van der Waals surface area contributed by atoms with Gasteiger partial charge in [0.1, 0.15) is 5.82 Å². The van der Waals surface area contributed by atoms with Crippen LogP contribution in [-0.2, 0) is 6.54 Å². The smallest absolute Gasteiger partial charge is 0.164 e. The van der Waals surface area contributed by atoms with Crippen molar-refractivity contribution in [2.45, 2.75) is 13.0 Å². The Bertz CT molecular complexity index is 792. The van der Waals surface area contributed by atoms with E-state index in [1.165, 1.54) is 24.3 Å². The maximum absolute atomic E-state index is 12.9. The summed E-state index contributed by atoms with van der Waals surface area (Å²) in [6.07, 6.45) is 2.37. The topological polar surface area (TPSA) is 22.0 Å². The molecule has 0 saturated heterocycles. The van der Waals surface area contributed by atoms with Crippen LogP contribution < -0.4 is 0 Å². The van der Waals surface area contributed by atoms with Crippen molar-refractivity contribution < 1.29 is 9.18 Å². The molecule has 0 bridgehead atoms. The molecule has 106 valence electrons. The molecule has 3 aromatic rings. The maximum Gasteiger partial charge on any atom is 0.164 e. The summed E-state index contributed by atoms with van der Waals surface area (Å²) in [6.45, 7) is 0.607. The van der Waals surface area contributed by atoms with Crippen LogP contribution in [0, 0.1) is 5.82 Å². The van der Waals surface area contributed by atoms with E-state index in [9.17, 15) is 9.18 Å². The molecule has 0 fully saturated rings. The molecule has 0 radical (unpaired) electrons. The molecule has 1 heterocycles. The van der Waals surface area contributed by atoms with Gasteiger partial charge in [0, 0.05) is 40.1 Å². The number of carbonyl (C=O) groups is 1. The van der Waals surface area contributed by atoms with Crippen molar-refractivity contribution in [1.29, 1.82) is 0 Å². The summed E-state index contributed by atoms with van der Waals surface area (Å²) < 4.78 is 16.0. The van der Waals surface area contributed by atoms with Gasteiger partial charge in [0.15, 0.2) is 5.78 Å². The number of carbonyl (C=O) groups excluding carboxylic acids is 1. The van der Waals surface area contributed by atoms with Crippen LogP contribution in [0.3, 0.4) is 0 Å². The van der Waals surface area contributed by atoms with E-state index in [0.717, 1.165) is 15.4 Å². The fraction of sp³-hybridized carbons (Fsp3) is 0.118. The lowest BCUT2D eigenvalue weighted by Gasteiger charge is -2.05. The number of hydrogen-bond acceptors (Lipinski definition) is 1. The normalized spacial score (nSPS) is 11.0. The van der Waals surface area contributed by atoms with Gasteiger partial charge in [0.25, 0.3) is 0 Å². The van der Waals surface area contributed by atoms with Gasteiger partial charge < -0.3 is 4.57 Å². The first-order valence-corrected chi connectivity index (χ1v) is 7.46. The largest absolute Gasteiger partial charge is 0.347 e. The number of nitrogens with zero attached hydrogens (tertiary/aromatic N) is 1. The van der Waals surface area contributed by atoms with Crippen LogP contribution in [0.2, 0.25) is 0 Å². The van der Waals surface area contributed by atoms with Crippen molar-refractivity contribution in [3.8, 4) is 0 Å². The minimum Gasteiger partial charge on any atom is -0.347 e. The fourth-order valence-electron chi connectivity index (χ4n) is 2.38. The van der Waals surface area contributed by atoms with Gasteiger partial charge in [-0.15, -0.1) is 0 Å². The average molecular weight is 346 g/mol. The second kappa shape index (κ2) is 5.82. The number of Topliss-reactive ketones (excluding diaryl/α,β-unsaturated/α-hetero) is 1. The first-order chi connectivity index (χ1) is 10.1. The molecule has 0 spiro atoms. The second-order valence-corrected chi connectivity index (χ2v) is 5.72. The fourth-order valence-corrected chi connectivity index (χ4v) is 2.87. The van der Waals surface area contributed by atoms with E-state index < -0.39 is 0 Å². The van der Waals surface area contributed by atoms with Crippen molar-refractivity contribution in [3.05, 3.63) is 70.6 Å². The lowest BCUT2D eigenvalue weighted by atomic mass is 10.1. The Kier molecular flexibility index (Phi) is 3.88. The highest BCUT2D eigenvalue weighted by Gasteiger charge is 2.08. The summed E-state index contributed by atoms with van der Waals surface area (Å²) >= 11 is 3.52. The molecular weight excluding hydrogens is 333 g/mol. The lowest BCUT2D eigenvalue weighted by Crippen LogP contribution is -2.05. The van der Waals surface area contributed by atoms with E-state index in [2.05, 4.69) is 20.5 Å². The van der Waals surface area contributed by atoms with Crippen molar-refractivity contribution >= 4 is 32.6 Å². The number of hydrogen-bond donors (Lipinski definition) is 0. The number of benzene rings is 2. The van der Waals surface area contributed by atoms with E-state index in [1.807, 2.05) is 30.5 Å². The molecule has 21 heavy (non-hydrogen) atoms. The summed E-state index contributed by atoms with van der Waals surface area (Å²) in [4.78, 5) is 12.1. The molecule has 4 heteroatoms. The van der Waals surface area contributed by atoms with Crippen molar-refractivity contribution in [1.82, 2.24) is 4.57 Å². The van der Waals surface area contributed by atoms with Crippen LogP contribution in [-0.4, -0.2) is 10.4 Å². The molecule has 3 rings (SSSR count). The zero-order valence-electron chi connectivity index (χ0n) is 11.2. The van der Waals surface area contributed by atoms with Gasteiger partial charge in [0.2, 0.25) is 0 Å². The Hall–Kier alpha value is -1.94. The van der Waals surface area contributed by atoms with Crippen LogP contribution in [0.25, 0.3) is 10.9 Å². The van der Waals surface area contributed by atoms with Crippen molar-refractivity contribution in [2.75, 3.05) is 0 Å². The SMILES string of the molecule is O=C(CCn1ccc2c(Br)cccc21)c1ccc(F)cc1. The maximum atomic E-state index is 12.9. The summed E-state index contributed by atoms with van der Waals surface area (Å²) in [6, 6.07) is 13.7. The molecule has 0 unspecified atom stereocenters. The van der Waals surface area contributed by atoms with Gasteiger partial charge in [-0.05, 0) is 42.5 Å². The first-order valence-electron chi connectivity index (χ1n) is 6.67. The Balaban J connectivity index is 1.76. The van der Waals surface area contributed by atoms with E-state index >= 15 is 0 Å². The van der Waals surface area contributed by atoms with Gasteiger partial charge in [-0.1, -0.05) is 22.0 Å². The molecule has 0 N–H and O–H groups in total. The number of fused-ring (bicyclic) bond motifs is 1. The minimum absolute atomic E-state index is 0.0202. The van der Waals surface area contributed by atoms with E-state index in [4.69, 9.17) is 0 Å². The Morgan fingerprint density at radius 3 is 2.62 bits per heavy atom. The molecule has 2 aromatic carbocycles. The Morgan fingerprint density at radius 2 is 1.86 bits per heavy atom. The van der Waals surface area contributed by atoms with Crippen LogP contribution in [0.15, 0.2) is 59.2 Å². The number of aromatic nitrogens is 1. The predicted molar refractivity (Wildman–Crippen MR) is 85.0 cm³/mol. The summed E-state index contributed by atoms with van der Waals surface area (Å²) in [5.74, 6) is -0.306. The number of halogens is 2. The van der Waals surface area contributed by atoms with E-state index in [-0.39, 0.29) is 11.6 Å². The predicted octanol–water partition coefficient (Wildman–Crippen LogP) is 4.82. The van der Waals surface area contributed by atoms with Crippen LogP contribution in [0.5, 0.6) is 0 Å². The monoisotopic (exact) mass is 345 g/mol. The van der Waals surface area contributed by atoms with Gasteiger partial charge in [-0.2, -0.15) is 0 Å².